The van der Waals surface area contributed by atoms with Crippen molar-refractivity contribution in [3.05, 3.63) is 71.8 Å². The van der Waals surface area contributed by atoms with Gasteiger partial charge in [0.15, 0.2) is 11.6 Å². The topological polar surface area (TPSA) is 68.3 Å². The van der Waals surface area contributed by atoms with Gasteiger partial charge in [-0.2, -0.15) is 26.3 Å². The summed E-state index contributed by atoms with van der Waals surface area (Å²) < 4.78 is 70.9. The first-order chi connectivity index (χ1) is 13.8. The molecule has 2 aromatic rings. The Bertz CT molecular complexity index is 818. The molecule has 1 radical (unpaired) electrons. The van der Waals surface area contributed by atoms with Gasteiger partial charge in [-0.3, -0.25) is 19.2 Å². The third kappa shape index (κ3) is 10.2. The molecular formula is C20H14CuF6O4+2. The van der Waals surface area contributed by atoms with Crippen molar-refractivity contribution in [3.63, 3.8) is 0 Å². The van der Waals surface area contributed by atoms with Crippen LogP contribution in [-0.2, 0) is 26.7 Å². The fourth-order valence-corrected chi connectivity index (χ4v) is 1.94. The third-order valence-corrected chi connectivity index (χ3v) is 3.47. The zero-order valence-electron chi connectivity index (χ0n) is 15.4. The van der Waals surface area contributed by atoms with E-state index in [4.69, 9.17) is 0 Å². The van der Waals surface area contributed by atoms with E-state index in [1.807, 2.05) is 0 Å². The molecule has 0 unspecified atom stereocenters. The Morgan fingerprint density at radius 1 is 0.548 bits per heavy atom. The van der Waals surface area contributed by atoms with Crippen LogP contribution in [0.1, 0.15) is 33.6 Å². The van der Waals surface area contributed by atoms with Crippen molar-refractivity contribution >= 4 is 23.1 Å². The van der Waals surface area contributed by atoms with E-state index < -0.39 is 48.3 Å². The summed E-state index contributed by atoms with van der Waals surface area (Å²) in [6.45, 7) is 0. The minimum atomic E-state index is -4.94. The normalized spacial score (nSPS) is 10.8. The molecule has 0 spiro atoms. The molecular weight excluding hydrogens is 482 g/mol. The van der Waals surface area contributed by atoms with Crippen molar-refractivity contribution in [2.24, 2.45) is 0 Å². The molecule has 0 aliphatic heterocycles. The van der Waals surface area contributed by atoms with Gasteiger partial charge in [0.1, 0.15) is 0 Å². The zero-order valence-corrected chi connectivity index (χ0v) is 16.3. The Morgan fingerprint density at radius 2 is 0.806 bits per heavy atom. The number of halogens is 6. The van der Waals surface area contributed by atoms with Crippen molar-refractivity contribution in [1.82, 2.24) is 0 Å². The number of Topliss-reactive ketones (excluding diaryl/α,β-unsaturated/α-hetero) is 4. The van der Waals surface area contributed by atoms with Crippen LogP contribution >= 0.6 is 0 Å². The summed E-state index contributed by atoms with van der Waals surface area (Å²) in [6.07, 6.45) is -12.1. The van der Waals surface area contributed by atoms with Gasteiger partial charge < -0.3 is 0 Å². The molecule has 0 fully saturated rings. The molecule has 169 valence electrons. The molecule has 0 amide bonds. The molecule has 2 rings (SSSR count). The second-order valence-electron chi connectivity index (χ2n) is 5.77. The Kier molecular flexibility index (Phi) is 11.1. The zero-order chi connectivity index (χ0) is 22.9. The maximum absolute atomic E-state index is 11.8. The first-order valence-electron chi connectivity index (χ1n) is 8.19. The number of alkyl halides is 6. The van der Waals surface area contributed by atoms with E-state index in [1.165, 1.54) is 48.5 Å². The van der Waals surface area contributed by atoms with Gasteiger partial charge in [-0.1, -0.05) is 60.7 Å². The minimum absolute atomic E-state index is 0. The molecule has 4 nitrogen and oxygen atoms in total. The van der Waals surface area contributed by atoms with E-state index in [9.17, 15) is 45.5 Å². The van der Waals surface area contributed by atoms with Crippen LogP contribution in [0.2, 0.25) is 0 Å². The largest absolute Gasteiger partial charge is 2.00 e. The molecule has 2 aromatic carbocycles. The SMILES string of the molecule is O=C(CC(=O)C(F)(F)F)c1ccccc1.O=C(CC(=O)C(F)(F)F)c1ccccc1.[Cu+2]. The van der Waals surface area contributed by atoms with Crippen molar-refractivity contribution in [1.29, 1.82) is 0 Å². The first-order valence-corrected chi connectivity index (χ1v) is 8.19. The van der Waals surface area contributed by atoms with Gasteiger partial charge in [-0.25, -0.2) is 0 Å². The molecule has 0 N–H and O–H groups in total. The van der Waals surface area contributed by atoms with Crippen LogP contribution in [0.15, 0.2) is 60.7 Å². The Balaban J connectivity index is 0.000000562. The number of rotatable bonds is 6. The van der Waals surface area contributed by atoms with Crippen molar-refractivity contribution in [2.75, 3.05) is 0 Å². The molecule has 11 heteroatoms. The predicted octanol–water partition coefficient (Wildman–Crippen LogP) is 4.78. The van der Waals surface area contributed by atoms with Crippen molar-refractivity contribution in [2.45, 2.75) is 25.2 Å². The van der Waals surface area contributed by atoms with E-state index >= 15 is 0 Å². The van der Waals surface area contributed by atoms with Gasteiger partial charge in [-0.15, -0.1) is 0 Å². The molecule has 0 saturated carbocycles. The molecule has 0 aliphatic rings. The number of carbonyl (C=O) groups excluding carboxylic acids is 4. The summed E-state index contributed by atoms with van der Waals surface area (Å²) in [7, 11) is 0. The summed E-state index contributed by atoms with van der Waals surface area (Å²) in [5.74, 6) is -5.68. The standard InChI is InChI=1S/2C10H7F3O2.Cu/c2*11-10(12,13)9(15)6-8(14)7-4-2-1-3-5-7;/h2*1-5H,6H2;/q;;+2. The van der Waals surface area contributed by atoms with Gasteiger partial charge in [0, 0.05) is 11.1 Å². The Labute approximate surface area is 183 Å². The number of ketones is 4. The van der Waals surface area contributed by atoms with Crippen LogP contribution in [0.5, 0.6) is 0 Å². The molecule has 0 heterocycles. The van der Waals surface area contributed by atoms with Crippen LogP contribution in [0, 0.1) is 0 Å². The van der Waals surface area contributed by atoms with E-state index in [0.29, 0.717) is 0 Å². The number of benzene rings is 2. The number of hydrogen-bond donors (Lipinski definition) is 0. The predicted molar refractivity (Wildman–Crippen MR) is 92.9 cm³/mol. The first kappa shape index (κ1) is 28.2. The molecule has 0 aliphatic carbocycles. The minimum Gasteiger partial charge on any atom is -0.294 e. The fourth-order valence-electron chi connectivity index (χ4n) is 1.94. The maximum Gasteiger partial charge on any atom is 2.00 e. The van der Waals surface area contributed by atoms with Crippen molar-refractivity contribution in [3.8, 4) is 0 Å². The van der Waals surface area contributed by atoms with Crippen LogP contribution in [0.25, 0.3) is 0 Å². The van der Waals surface area contributed by atoms with Gasteiger partial charge in [-0.05, 0) is 0 Å². The van der Waals surface area contributed by atoms with Crippen LogP contribution in [-0.4, -0.2) is 35.5 Å². The quantitative estimate of drug-likeness (QED) is 0.250. The fraction of sp³-hybridized carbons (Fsp3) is 0.200. The van der Waals surface area contributed by atoms with E-state index in [1.54, 1.807) is 12.1 Å². The monoisotopic (exact) mass is 495 g/mol. The van der Waals surface area contributed by atoms with Crippen LogP contribution in [0.3, 0.4) is 0 Å². The Hall–Kier alpha value is -2.78. The molecule has 0 saturated heterocycles. The third-order valence-electron chi connectivity index (χ3n) is 3.47. The van der Waals surface area contributed by atoms with E-state index in [0.717, 1.165) is 0 Å². The molecule has 0 aromatic heterocycles. The summed E-state index contributed by atoms with van der Waals surface area (Å²) in [5.41, 5.74) is 0.213. The second-order valence-corrected chi connectivity index (χ2v) is 5.77. The van der Waals surface area contributed by atoms with Gasteiger partial charge in [0.2, 0.25) is 11.6 Å². The molecule has 0 bridgehead atoms. The maximum atomic E-state index is 11.8. The second kappa shape index (κ2) is 12.2. The molecule has 0 atom stereocenters. The summed E-state index contributed by atoms with van der Waals surface area (Å²) in [5, 5.41) is 0. The summed E-state index contributed by atoms with van der Waals surface area (Å²) in [4.78, 5) is 43.4. The average molecular weight is 496 g/mol. The van der Waals surface area contributed by atoms with Crippen LogP contribution in [0.4, 0.5) is 26.3 Å². The number of carbonyl (C=O) groups is 4. The Morgan fingerprint density at radius 3 is 1.03 bits per heavy atom. The van der Waals surface area contributed by atoms with Gasteiger partial charge in [0.05, 0.1) is 12.8 Å². The average Bonchev–Trinajstić information content (AvgIpc) is 2.68. The van der Waals surface area contributed by atoms with Crippen molar-refractivity contribution < 1.29 is 62.6 Å². The van der Waals surface area contributed by atoms with Crippen LogP contribution < -0.4 is 0 Å². The smallest absolute Gasteiger partial charge is 0.294 e. The molecule has 31 heavy (non-hydrogen) atoms. The van der Waals surface area contributed by atoms with Gasteiger partial charge >= 0.3 is 29.4 Å². The number of hydrogen-bond acceptors (Lipinski definition) is 4. The van der Waals surface area contributed by atoms with E-state index in [-0.39, 0.29) is 28.2 Å². The van der Waals surface area contributed by atoms with Gasteiger partial charge in [0.25, 0.3) is 0 Å². The summed E-state index contributed by atoms with van der Waals surface area (Å²) in [6, 6.07) is 14.8. The van der Waals surface area contributed by atoms with E-state index in [2.05, 4.69) is 0 Å². The summed E-state index contributed by atoms with van der Waals surface area (Å²) >= 11 is 0.